The molecule has 6 nitrogen and oxygen atoms in total. The molecule has 0 spiro atoms. The third-order valence-corrected chi connectivity index (χ3v) is 5.23. The Morgan fingerprint density at radius 2 is 1.79 bits per heavy atom. The second kappa shape index (κ2) is 9.46. The minimum absolute atomic E-state index is 0.114. The van der Waals surface area contributed by atoms with E-state index in [9.17, 15) is 4.79 Å². The second-order valence-corrected chi connectivity index (χ2v) is 6.99. The molecule has 1 aliphatic carbocycles. The van der Waals surface area contributed by atoms with E-state index in [1.165, 1.54) is 0 Å². The lowest BCUT2D eigenvalue weighted by Crippen LogP contribution is -2.39. The minimum Gasteiger partial charge on any atom is -0.493 e. The number of nitrogens with two attached hydrogens (primary N) is 1. The lowest BCUT2D eigenvalue weighted by Gasteiger charge is -2.20. The number of carbonyl (C=O) groups is 1. The Bertz CT molecular complexity index is 769. The van der Waals surface area contributed by atoms with Crippen molar-refractivity contribution in [2.24, 2.45) is 11.7 Å². The number of benzene rings is 2. The second-order valence-electron chi connectivity index (χ2n) is 6.99. The number of methoxy groups -OCH3 is 2. The molecule has 1 aliphatic rings. The number of nitrogens with one attached hydrogen (secondary N) is 1. The van der Waals surface area contributed by atoms with Gasteiger partial charge in [0.1, 0.15) is 6.61 Å². The van der Waals surface area contributed by atoms with Crippen LogP contribution in [0.15, 0.2) is 42.5 Å². The predicted octanol–water partition coefficient (Wildman–Crippen LogP) is 3.14. The van der Waals surface area contributed by atoms with Crippen LogP contribution in [0.2, 0.25) is 0 Å². The van der Waals surface area contributed by atoms with Crippen LogP contribution in [-0.4, -0.2) is 32.7 Å². The van der Waals surface area contributed by atoms with Gasteiger partial charge < -0.3 is 25.3 Å². The number of hydrogen-bond donors (Lipinski definition) is 2. The molecule has 1 fully saturated rings. The van der Waals surface area contributed by atoms with Gasteiger partial charge in [-0.2, -0.15) is 0 Å². The Labute approximate surface area is 166 Å². The molecule has 0 aliphatic heterocycles. The highest BCUT2D eigenvalue weighted by Crippen LogP contribution is 2.39. The summed E-state index contributed by atoms with van der Waals surface area (Å²) in [6.07, 6.45) is 3.10. The van der Waals surface area contributed by atoms with Crippen molar-refractivity contribution in [3.63, 3.8) is 0 Å². The molecule has 0 bridgehead atoms. The van der Waals surface area contributed by atoms with Crippen molar-refractivity contribution in [2.75, 3.05) is 20.8 Å². The van der Waals surface area contributed by atoms with Gasteiger partial charge in [0, 0.05) is 11.6 Å². The SMILES string of the molecule is COc1cc(C(=O)NC2CCCC2CN)cc(OC)c1OCc1ccccc1. The molecule has 28 heavy (non-hydrogen) atoms. The van der Waals surface area contributed by atoms with Gasteiger partial charge in [-0.05, 0) is 43.0 Å². The summed E-state index contributed by atoms with van der Waals surface area (Å²) in [6, 6.07) is 13.3. The first-order valence-electron chi connectivity index (χ1n) is 9.60. The van der Waals surface area contributed by atoms with Crippen molar-refractivity contribution in [3.05, 3.63) is 53.6 Å². The zero-order valence-corrected chi connectivity index (χ0v) is 16.4. The normalized spacial score (nSPS) is 18.5. The van der Waals surface area contributed by atoms with Gasteiger partial charge >= 0.3 is 0 Å². The summed E-state index contributed by atoms with van der Waals surface area (Å²) in [4.78, 5) is 12.8. The molecule has 0 radical (unpaired) electrons. The van der Waals surface area contributed by atoms with E-state index in [0.717, 1.165) is 24.8 Å². The van der Waals surface area contributed by atoms with Gasteiger partial charge in [0.15, 0.2) is 11.5 Å². The smallest absolute Gasteiger partial charge is 0.251 e. The summed E-state index contributed by atoms with van der Waals surface area (Å²) in [5.41, 5.74) is 7.33. The highest BCUT2D eigenvalue weighted by molar-refractivity contribution is 5.95. The molecule has 2 atom stereocenters. The third-order valence-electron chi connectivity index (χ3n) is 5.23. The molecule has 0 saturated heterocycles. The van der Waals surface area contributed by atoms with Crippen molar-refractivity contribution in [2.45, 2.75) is 31.9 Å². The van der Waals surface area contributed by atoms with Crippen molar-refractivity contribution >= 4 is 5.91 Å². The number of carbonyl (C=O) groups excluding carboxylic acids is 1. The summed E-state index contributed by atoms with van der Waals surface area (Å²) < 4.78 is 16.9. The zero-order valence-electron chi connectivity index (χ0n) is 16.4. The highest BCUT2D eigenvalue weighted by atomic mass is 16.5. The van der Waals surface area contributed by atoms with Gasteiger partial charge in [-0.1, -0.05) is 36.8 Å². The average Bonchev–Trinajstić information content (AvgIpc) is 3.19. The van der Waals surface area contributed by atoms with Gasteiger partial charge in [-0.15, -0.1) is 0 Å². The molecule has 2 aromatic carbocycles. The maximum atomic E-state index is 12.8. The van der Waals surface area contributed by atoms with Gasteiger partial charge in [-0.25, -0.2) is 0 Å². The predicted molar refractivity (Wildman–Crippen MR) is 108 cm³/mol. The number of amides is 1. The molecule has 2 unspecified atom stereocenters. The van der Waals surface area contributed by atoms with Crippen LogP contribution in [0, 0.1) is 5.92 Å². The van der Waals surface area contributed by atoms with Crippen LogP contribution in [0.1, 0.15) is 35.2 Å². The molecule has 3 rings (SSSR count). The maximum Gasteiger partial charge on any atom is 0.251 e. The number of rotatable bonds is 8. The van der Waals surface area contributed by atoms with E-state index in [2.05, 4.69) is 5.32 Å². The van der Waals surface area contributed by atoms with Crippen LogP contribution in [0.3, 0.4) is 0 Å². The van der Waals surface area contributed by atoms with Crippen molar-refractivity contribution in [1.29, 1.82) is 0 Å². The zero-order chi connectivity index (χ0) is 19.9. The molecule has 150 valence electrons. The number of ether oxygens (including phenoxy) is 3. The maximum absolute atomic E-state index is 12.8. The van der Waals surface area contributed by atoms with Crippen LogP contribution in [0.4, 0.5) is 0 Å². The van der Waals surface area contributed by atoms with Crippen LogP contribution in [0.25, 0.3) is 0 Å². The molecule has 0 heterocycles. The van der Waals surface area contributed by atoms with Crippen molar-refractivity contribution in [3.8, 4) is 17.2 Å². The van der Waals surface area contributed by atoms with E-state index in [0.29, 0.717) is 41.9 Å². The number of hydrogen-bond acceptors (Lipinski definition) is 5. The lowest BCUT2D eigenvalue weighted by molar-refractivity contribution is 0.0928. The summed E-state index contributed by atoms with van der Waals surface area (Å²) >= 11 is 0. The molecule has 1 saturated carbocycles. The highest BCUT2D eigenvalue weighted by Gasteiger charge is 2.28. The Kier molecular flexibility index (Phi) is 6.76. The average molecular weight is 384 g/mol. The largest absolute Gasteiger partial charge is 0.493 e. The third kappa shape index (κ3) is 4.57. The molecule has 2 aromatic rings. The van der Waals surface area contributed by atoms with E-state index >= 15 is 0 Å². The molecular formula is C22H28N2O4. The fourth-order valence-electron chi connectivity index (χ4n) is 3.64. The van der Waals surface area contributed by atoms with E-state index in [1.807, 2.05) is 30.3 Å². The van der Waals surface area contributed by atoms with Gasteiger partial charge in [0.2, 0.25) is 5.75 Å². The van der Waals surface area contributed by atoms with E-state index < -0.39 is 0 Å². The fourth-order valence-corrected chi connectivity index (χ4v) is 3.64. The van der Waals surface area contributed by atoms with Crippen LogP contribution in [-0.2, 0) is 6.61 Å². The monoisotopic (exact) mass is 384 g/mol. The topological polar surface area (TPSA) is 82.8 Å². The Hall–Kier alpha value is -2.73. The fraction of sp³-hybridized carbons (Fsp3) is 0.409. The van der Waals surface area contributed by atoms with Crippen molar-refractivity contribution < 1.29 is 19.0 Å². The van der Waals surface area contributed by atoms with Crippen LogP contribution >= 0.6 is 0 Å². The van der Waals surface area contributed by atoms with E-state index in [1.54, 1.807) is 26.4 Å². The van der Waals surface area contributed by atoms with Gasteiger partial charge in [-0.3, -0.25) is 4.79 Å². The van der Waals surface area contributed by atoms with E-state index in [4.69, 9.17) is 19.9 Å². The molecule has 0 aromatic heterocycles. The lowest BCUT2D eigenvalue weighted by atomic mass is 10.0. The first kappa shape index (κ1) is 20.0. The summed E-state index contributed by atoms with van der Waals surface area (Å²) in [5.74, 6) is 1.58. The Balaban J connectivity index is 1.78. The first-order chi connectivity index (χ1) is 13.7. The summed E-state index contributed by atoms with van der Waals surface area (Å²) in [6.45, 7) is 0.962. The molecule has 3 N–H and O–H groups in total. The van der Waals surface area contributed by atoms with Crippen LogP contribution in [0.5, 0.6) is 17.2 Å². The van der Waals surface area contributed by atoms with Crippen LogP contribution < -0.4 is 25.3 Å². The van der Waals surface area contributed by atoms with Gasteiger partial charge in [0.25, 0.3) is 5.91 Å². The Morgan fingerprint density at radius 1 is 1.11 bits per heavy atom. The first-order valence-corrected chi connectivity index (χ1v) is 9.60. The minimum atomic E-state index is -0.156. The standard InChI is InChI=1S/C22H28N2O4/c1-26-19-11-17(22(25)24-18-10-6-9-16(18)13-23)12-20(27-2)21(19)28-14-15-7-4-3-5-8-15/h3-5,7-8,11-12,16,18H,6,9-10,13-14,23H2,1-2H3,(H,24,25). The molecule has 1 amide bonds. The van der Waals surface area contributed by atoms with Gasteiger partial charge in [0.05, 0.1) is 14.2 Å². The quantitative estimate of drug-likeness (QED) is 0.731. The molecular weight excluding hydrogens is 356 g/mol. The summed E-state index contributed by atoms with van der Waals surface area (Å²) in [5, 5.41) is 3.11. The molecule has 6 heteroatoms. The van der Waals surface area contributed by atoms with Crippen molar-refractivity contribution in [1.82, 2.24) is 5.32 Å². The van der Waals surface area contributed by atoms with E-state index in [-0.39, 0.29) is 11.9 Å². The Morgan fingerprint density at radius 3 is 2.39 bits per heavy atom. The summed E-state index contributed by atoms with van der Waals surface area (Å²) in [7, 11) is 3.10.